The molecule has 0 aromatic rings. The number of halogens is 2. The smallest absolute Gasteiger partial charge is 0.266 e. The molecule has 0 heterocycles. The van der Waals surface area contributed by atoms with Gasteiger partial charge in [0.1, 0.15) is 5.60 Å². The molecule has 0 aromatic carbocycles. The molecule has 3 heteroatoms. The first-order chi connectivity index (χ1) is 7.02. The highest BCUT2D eigenvalue weighted by molar-refractivity contribution is 5.29. The molecule has 2 rings (SSSR count). The Morgan fingerprint density at radius 2 is 1.93 bits per heavy atom. The summed E-state index contributed by atoms with van der Waals surface area (Å²) in [5.41, 5.74) is -0.164. The molecular formula is C12H16F2O. The van der Waals surface area contributed by atoms with Crippen molar-refractivity contribution in [1.82, 2.24) is 0 Å². The van der Waals surface area contributed by atoms with E-state index >= 15 is 0 Å². The van der Waals surface area contributed by atoms with E-state index in [0.29, 0.717) is 0 Å². The van der Waals surface area contributed by atoms with Crippen molar-refractivity contribution in [2.75, 3.05) is 0 Å². The molecule has 0 saturated carbocycles. The second-order valence-electron chi connectivity index (χ2n) is 4.49. The number of allylic oxidation sites excluding steroid dienone is 2. The molecule has 2 aliphatic carbocycles. The van der Waals surface area contributed by atoms with Crippen LogP contribution in [0.3, 0.4) is 0 Å². The lowest BCUT2D eigenvalue weighted by atomic mass is 9.79. The predicted octanol–water partition coefficient (Wildman–Crippen LogP) is 3.20. The van der Waals surface area contributed by atoms with Crippen molar-refractivity contribution in [3.8, 4) is 0 Å². The maximum absolute atomic E-state index is 12.9. The van der Waals surface area contributed by atoms with Crippen LogP contribution in [0.15, 0.2) is 23.8 Å². The molecule has 1 N–H and O–H groups in total. The van der Waals surface area contributed by atoms with Crippen LogP contribution in [0.2, 0.25) is 0 Å². The summed E-state index contributed by atoms with van der Waals surface area (Å²) in [6, 6.07) is 0. The Bertz CT molecular complexity index is 307. The molecule has 0 saturated heterocycles. The molecular weight excluding hydrogens is 198 g/mol. The zero-order chi connectivity index (χ0) is 10.9. The van der Waals surface area contributed by atoms with Gasteiger partial charge in [-0.05, 0) is 49.8 Å². The molecule has 0 bridgehead atoms. The second-order valence-corrected chi connectivity index (χ2v) is 4.49. The molecule has 1 unspecified atom stereocenters. The third kappa shape index (κ3) is 2.28. The summed E-state index contributed by atoms with van der Waals surface area (Å²) in [5.74, 6) is -2.73. The maximum Gasteiger partial charge on any atom is 0.266 e. The van der Waals surface area contributed by atoms with Crippen molar-refractivity contribution in [3.05, 3.63) is 23.8 Å². The highest BCUT2D eigenvalue weighted by Gasteiger charge is 2.39. The molecule has 0 radical (unpaired) electrons. The average molecular weight is 214 g/mol. The summed E-state index contributed by atoms with van der Waals surface area (Å²) < 4.78 is 25.8. The molecule has 0 spiro atoms. The highest BCUT2D eigenvalue weighted by atomic mass is 19.3. The highest BCUT2D eigenvalue weighted by Crippen LogP contribution is 2.39. The molecule has 1 atom stereocenters. The Kier molecular flexibility index (Phi) is 2.67. The first-order valence-electron chi connectivity index (χ1n) is 5.52. The van der Waals surface area contributed by atoms with Crippen molar-refractivity contribution in [3.63, 3.8) is 0 Å². The summed E-state index contributed by atoms with van der Waals surface area (Å²) in [5, 5.41) is 10.2. The Morgan fingerprint density at radius 3 is 2.47 bits per heavy atom. The average Bonchev–Trinajstić information content (AvgIpc) is 2.24. The van der Waals surface area contributed by atoms with E-state index in [1.54, 1.807) is 0 Å². The van der Waals surface area contributed by atoms with E-state index in [1.807, 2.05) is 6.08 Å². The van der Waals surface area contributed by atoms with E-state index in [9.17, 15) is 13.9 Å². The zero-order valence-corrected chi connectivity index (χ0v) is 8.68. The van der Waals surface area contributed by atoms with Gasteiger partial charge in [-0.3, -0.25) is 0 Å². The minimum Gasteiger partial charge on any atom is -0.381 e. The first kappa shape index (κ1) is 10.8. The topological polar surface area (TPSA) is 20.2 Å². The quantitative estimate of drug-likeness (QED) is 0.664. The standard InChI is InChI=1S/C12H16F2O/c13-12(14)8-6-11(15,7-9-12)10-4-2-1-3-5-10/h4,6,8,15H,1-3,5,7,9H2. The number of aliphatic hydroxyl groups is 1. The SMILES string of the molecule is OC1(C2=CCCCC2)C=CC(F)(F)CC1. The minimum atomic E-state index is -2.73. The molecule has 0 aromatic heterocycles. The lowest BCUT2D eigenvalue weighted by Gasteiger charge is -2.34. The summed E-state index contributed by atoms with van der Waals surface area (Å²) >= 11 is 0. The lowest BCUT2D eigenvalue weighted by Crippen LogP contribution is -2.36. The third-order valence-electron chi connectivity index (χ3n) is 3.29. The fourth-order valence-corrected chi connectivity index (χ4v) is 2.28. The second kappa shape index (κ2) is 3.71. The van der Waals surface area contributed by atoms with Crippen LogP contribution >= 0.6 is 0 Å². The van der Waals surface area contributed by atoms with Gasteiger partial charge in [0.15, 0.2) is 0 Å². The van der Waals surface area contributed by atoms with E-state index < -0.39 is 11.5 Å². The van der Waals surface area contributed by atoms with Crippen molar-refractivity contribution >= 4 is 0 Å². The van der Waals surface area contributed by atoms with Crippen LogP contribution in [0.5, 0.6) is 0 Å². The van der Waals surface area contributed by atoms with E-state index in [0.717, 1.165) is 37.3 Å². The molecule has 2 aliphatic rings. The lowest BCUT2D eigenvalue weighted by molar-refractivity contribution is -0.000178. The zero-order valence-electron chi connectivity index (χ0n) is 8.68. The van der Waals surface area contributed by atoms with Crippen LogP contribution in [0, 0.1) is 0 Å². The van der Waals surface area contributed by atoms with Crippen LogP contribution < -0.4 is 0 Å². The van der Waals surface area contributed by atoms with Crippen molar-refractivity contribution in [1.29, 1.82) is 0 Å². The van der Waals surface area contributed by atoms with Gasteiger partial charge in [0.25, 0.3) is 5.92 Å². The van der Waals surface area contributed by atoms with Gasteiger partial charge in [-0.15, -0.1) is 0 Å². The molecule has 0 aliphatic heterocycles. The largest absolute Gasteiger partial charge is 0.381 e. The summed E-state index contributed by atoms with van der Waals surface area (Å²) in [6.45, 7) is 0. The van der Waals surface area contributed by atoms with Crippen molar-refractivity contribution in [2.24, 2.45) is 0 Å². The van der Waals surface area contributed by atoms with Crippen molar-refractivity contribution in [2.45, 2.75) is 50.0 Å². The van der Waals surface area contributed by atoms with Gasteiger partial charge in [0.2, 0.25) is 0 Å². The van der Waals surface area contributed by atoms with Gasteiger partial charge in [0, 0.05) is 6.42 Å². The fourth-order valence-electron chi connectivity index (χ4n) is 2.28. The number of alkyl halides is 2. The van der Waals surface area contributed by atoms with Gasteiger partial charge in [-0.2, -0.15) is 0 Å². The van der Waals surface area contributed by atoms with E-state index in [2.05, 4.69) is 0 Å². The fraction of sp³-hybridized carbons (Fsp3) is 0.667. The van der Waals surface area contributed by atoms with Crippen LogP contribution in [0.25, 0.3) is 0 Å². The summed E-state index contributed by atoms with van der Waals surface area (Å²) in [7, 11) is 0. The number of hydrogen-bond acceptors (Lipinski definition) is 1. The Balaban J connectivity index is 2.18. The minimum absolute atomic E-state index is 0.141. The van der Waals surface area contributed by atoms with Gasteiger partial charge in [-0.1, -0.05) is 6.08 Å². The molecule has 0 amide bonds. The normalized spacial score (nSPS) is 35.0. The van der Waals surface area contributed by atoms with Crippen molar-refractivity contribution < 1.29 is 13.9 Å². The van der Waals surface area contributed by atoms with E-state index in [4.69, 9.17) is 0 Å². The predicted molar refractivity (Wildman–Crippen MR) is 54.8 cm³/mol. The molecule has 15 heavy (non-hydrogen) atoms. The van der Waals surface area contributed by atoms with Crippen LogP contribution in [0.1, 0.15) is 38.5 Å². The van der Waals surface area contributed by atoms with E-state index in [-0.39, 0.29) is 12.8 Å². The number of rotatable bonds is 1. The van der Waals surface area contributed by atoms with Gasteiger partial charge in [-0.25, -0.2) is 8.78 Å². The summed E-state index contributed by atoms with van der Waals surface area (Å²) in [4.78, 5) is 0. The maximum atomic E-state index is 12.9. The van der Waals surface area contributed by atoms with Crippen LogP contribution in [-0.2, 0) is 0 Å². The van der Waals surface area contributed by atoms with Crippen LogP contribution in [-0.4, -0.2) is 16.6 Å². The first-order valence-corrected chi connectivity index (χ1v) is 5.52. The Hall–Kier alpha value is -0.700. The van der Waals surface area contributed by atoms with Crippen LogP contribution in [0.4, 0.5) is 8.78 Å². The third-order valence-corrected chi connectivity index (χ3v) is 3.29. The molecule has 84 valence electrons. The number of hydrogen-bond donors (Lipinski definition) is 1. The van der Waals surface area contributed by atoms with Gasteiger partial charge in [0.05, 0.1) is 0 Å². The monoisotopic (exact) mass is 214 g/mol. The van der Waals surface area contributed by atoms with E-state index in [1.165, 1.54) is 6.08 Å². The summed E-state index contributed by atoms with van der Waals surface area (Å²) in [6.07, 6.45) is 8.03. The Labute approximate surface area is 88.5 Å². The Morgan fingerprint density at radius 1 is 1.13 bits per heavy atom. The molecule has 1 nitrogen and oxygen atoms in total. The molecule has 0 fully saturated rings. The van der Waals surface area contributed by atoms with Gasteiger partial charge < -0.3 is 5.11 Å². The van der Waals surface area contributed by atoms with Gasteiger partial charge >= 0.3 is 0 Å².